The summed E-state index contributed by atoms with van der Waals surface area (Å²) in [6.07, 6.45) is 0. The van der Waals surface area contributed by atoms with E-state index in [1.54, 1.807) is 0 Å². The molecule has 0 saturated heterocycles. The number of amides is 2. The van der Waals surface area contributed by atoms with Crippen LogP contribution in [0.4, 0.5) is 0 Å². The van der Waals surface area contributed by atoms with Crippen LogP contribution in [-0.4, -0.2) is 46.8 Å². The van der Waals surface area contributed by atoms with Crippen LogP contribution in [0.25, 0.3) is 0 Å². The van der Waals surface area contributed by atoms with Crippen LogP contribution in [0.2, 0.25) is 0 Å². The van der Waals surface area contributed by atoms with Gasteiger partial charge in [0.1, 0.15) is 0 Å². The summed E-state index contributed by atoms with van der Waals surface area (Å²) in [6.45, 7) is -0.301. The highest BCUT2D eigenvalue weighted by atomic mass is 79.9. The minimum atomic E-state index is -0.574. The van der Waals surface area contributed by atoms with Gasteiger partial charge >= 0.3 is 0 Å². The predicted octanol–water partition coefficient (Wildman–Crippen LogP) is 0.882. The Balaban J connectivity index is 3.03. The fourth-order valence-electron chi connectivity index (χ4n) is 1.58. The first-order valence-electron chi connectivity index (χ1n) is 6.11. The fraction of sp³-hybridized carbons (Fsp3) is 0.385. The molecule has 0 aliphatic carbocycles. The van der Waals surface area contributed by atoms with Crippen LogP contribution >= 0.6 is 15.9 Å². The lowest BCUT2D eigenvalue weighted by Crippen LogP contribution is -2.31. The van der Waals surface area contributed by atoms with Crippen molar-refractivity contribution >= 4 is 27.7 Å². The Bertz CT molecular complexity index is 564. The van der Waals surface area contributed by atoms with E-state index in [1.165, 1.54) is 34.4 Å². The summed E-state index contributed by atoms with van der Waals surface area (Å²) in [6, 6.07) is 1.46. The van der Waals surface area contributed by atoms with Crippen molar-refractivity contribution < 1.29 is 28.6 Å². The standard InChI is InChI=1S/C13H17BrN2O6/c1-15-9(17)6-22-16-13(18)7-5-8(19-2)11(20-3)12(21-4)10(7)14/h5H,6H2,1-4H3,(H,15,17)(H,16,18). The first-order valence-corrected chi connectivity index (χ1v) is 6.90. The van der Waals surface area contributed by atoms with Crippen molar-refractivity contribution in [2.75, 3.05) is 35.0 Å². The number of ether oxygens (including phenoxy) is 3. The van der Waals surface area contributed by atoms with E-state index in [0.29, 0.717) is 21.7 Å². The van der Waals surface area contributed by atoms with Gasteiger partial charge in [0.15, 0.2) is 18.1 Å². The average molecular weight is 377 g/mol. The second kappa shape index (κ2) is 8.44. The Kier molecular flexibility index (Phi) is 6.93. The zero-order chi connectivity index (χ0) is 16.7. The molecular formula is C13H17BrN2O6. The number of halogens is 1. The third-order valence-corrected chi connectivity index (χ3v) is 3.45. The number of benzene rings is 1. The number of likely N-dealkylation sites (N-methyl/N-ethyl adjacent to an activating group) is 1. The van der Waals surface area contributed by atoms with Crippen molar-refractivity contribution in [3.63, 3.8) is 0 Å². The summed E-state index contributed by atoms with van der Waals surface area (Å²) in [5, 5.41) is 2.36. The zero-order valence-electron chi connectivity index (χ0n) is 12.6. The van der Waals surface area contributed by atoms with E-state index in [1.807, 2.05) is 0 Å². The van der Waals surface area contributed by atoms with E-state index in [9.17, 15) is 9.59 Å². The van der Waals surface area contributed by atoms with Gasteiger partial charge in [0.2, 0.25) is 11.7 Å². The Hall–Kier alpha value is -2.00. The van der Waals surface area contributed by atoms with Crippen molar-refractivity contribution in [1.29, 1.82) is 0 Å². The van der Waals surface area contributed by atoms with Crippen LogP contribution < -0.4 is 25.0 Å². The van der Waals surface area contributed by atoms with Crippen LogP contribution in [0.5, 0.6) is 17.2 Å². The number of hydrogen-bond acceptors (Lipinski definition) is 6. The van der Waals surface area contributed by atoms with Gasteiger partial charge in [-0.25, -0.2) is 5.48 Å². The molecule has 0 spiro atoms. The highest BCUT2D eigenvalue weighted by Crippen LogP contribution is 2.44. The third-order valence-electron chi connectivity index (χ3n) is 2.66. The highest BCUT2D eigenvalue weighted by molar-refractivity contribution is 9.10. The number of hydroxylamine groups is 1. The van der Waals surface area contributed by atoms with Gasteiger partial charge in [-0.2, -0.15) is 0 Å². The zero-order valence-corrected chi connectivity index (χ0v) is 14.2. The molecule has 0 unspecified atom stereocenters. The lowest BCUT2D eigenvalue weighted by atomic mass is 10.1. The minimum absolute atomic E-state index is 0.200. The molecule has 2 N–H and O–H groups in total. The predicted molar refractivity (Wildman–Crippen MR) is 81.3 cm³/mol. The molecule has 0 atom stereocenters. The number of hydrogen-bond donors (Lipinski definition) is 2. The van der Waals surface area contributed by atoms with Crippen molar-refractivity contribution in [2.45, 2.75) is 0 Å². The maximum atomic E-state index is 12.1. The van der Waals surface area contributed by atoms with Crippen LogP contribution in [-0.2, 0) is 9.63 Å². The SMILES string of the molecule is CNC(=O)CONC(=O)c1cc(OC)c(OC)c(OC)c1Br. The van der Waals surface area contributed by atoms with E-state index in [0.717, 1.165) is 0 Å². The topological polar surface area (TPSA) is 95.1 Å². The molecule has 122 valence electrons. The summed E-state index contributed by atoms with van der Waals surface area (Å²) in [7, 11) is 5.79. The number of carbonyl (C=O) groups excluding carboxylic acids is 2. The molecule has 0 aliphatic rings. The summed E-state index contributed by atoms with van der Waals surface area (Å²) < 4.78 is 16.0. The van der Waals surface area contributed by atoms with Crippen molar-refractivity contribution in [3.05, 3.63) is 16.1 Å². The molecule has 0 bridgehead atoms. The molecule has 1 rings (SSSR count). The van der Waals surface area contributed by atoms with E-state index < -0.39 is 5.91 Å². The maximum absolute atomic E-state index is 12.1. The molecule has 22 heavy (non-hydrogen) atoms. The molecule has 0 fully saturated rings. The summed E-state index contributed by atoms with van der Waals surface area (Å²) >= 11 is 3.28. The largest absolute Gasteiger partial charge is 0.493 e. The molecule has 0 aromatic heterocycles. The Morgan fingerprint density at radius 1 is 1.14 bits per heavy atom. The average Bonchev–Trinajstić information content (AvgIpc) is 2.53. The van der Waals surface area contributed by atoms with Gasteiger partial charge in [-0.1, -0.05) is 0 Å². The van der Waals surface area contributed by atoms with E-state index in [4.69, 9.17) is 19.0 Å². The van der Waals surface area contributed by atoms with Crippen molar-refractivity contribution in [2.24, 2.45) is 0 Å². The summed E-state index contributed by atoms with van der Waals surface area (Å²) in [5.74, 6) is 0.0243. The lowest BCUT2D eigenvalue weighted by Gasteiger charge is -2.16. The molecule has 9 heteroatoms. The smallest absolute Gasteiger partial charge is 0.276 e. The van der Waals surface area contributed by atoms with Crippen molar-refractivity contribution in [1.82, 2.24) is 10.8 Å². The van der Waals surface area contributed by atoms with Gasteiger partial charge < -0.3 is 19.5 Å². The molecule has 2 amide bonds. The van der Waals surface area contributed by atoms with Gasteiger partial charge in [0.25, 0.3) is 5.91 Å². The number of methoxy groups -OCH3 is 3. The molecule has 1 aromatic rings. The second-order valence-corrected chi connectivity index (χ2v) is 4.69. The lowest BCUT2D eigenvalue weighted by molar-refractivity contribution is -0.126. The Morgan fingerprint density at radius 2 is 1.77 bits per heavy atom. The number of rotatable bonds is 7. The number of nitrogens with one attached hydrogen (secondary N) is 2. The highest BCUT2D eigenvalue weighted by Gasteiger charge is 2.23. The van der Waals surface area contributed by atoms with Crippen LogP contribution in [0.15, 0.2) is 10.5 Å². The van der Waals surface area contributed by atoms with Gasteiger partial charge in [-0.3, -0.25) is 14.4 Å². The maximum Gasteiger partial charge on any atom is 0.276 e. The molecule has 0 radical (unpaired) electrons. The van der Waals surface area contributed by atoms with Crippen LogP contribution in [0, 0.1) is 0 Å². The quantitative estimate of drug-likeness (QED) is 0.686. The van der Waals surface area contributed by atoms with E-state index in [-0.39, 0.29) is 18.1 Å². The first-order chi connectivity index (χ1) is 10.5. The fourth-order valence-corrected chi connectivity index (χ4v) is 2.22. The number of carbonyl (C=O) groups is 2. The first kappa shape index (κ1) is 18.1. The second-order valence-electron chi connectivity index (χ2n) is 3.90. The molecule has 0 aliphatic heterocycles. The molecule has 0 heterocycles. The van der Waals surface area contributed by atoms with Gasteiger partial charge in [0, 0.05) is 7.05 Å². The normalized spacial score (nSPS) is 9.86. The van der Waals surface area contributed by atoms with Crippen LogP contribution in [0.1, 0.15) is 10.4 Å². The Morgan fingerprint density at radius 3 is 2.27 bits per heavy atom. The van der Waals surface area contributed by atoms with Gasteiger partial charge in [0.05, 0.1) is 31.4 Å². The van der Waals surface area contributed by atoms with Gasteiger partial charge in [-0.15, -0.1) is 0 Å². The summed E-state index contributed by atoms with van der Waals surface area (Å²) in [4.78, 5) is 28.0. The van der Waals surface area contributed by atoms with Crippen LogP contribution in [0.3, 0.4) is 0 Å². The van der Waals surface area contributed by atoms with E-state index in [2.05, 4.69) is 26.7 Å². The third kappa shape index (κ3) is 4.01. The molecule has 1 aromatic carbocycles. The van der Waals surface area contributed by atoms with Gasteiger partial charge in [-0.05, 0) is 22.0 Å². The monoisotopic (exact) mass is 376 g/mol. The van der Waals surface area contributed by atoms with E-state index >= 15 is 0 Å². The summed E-state index contributed by atoms with van der Waals surface area (Å²) in [5.41, 5.74) is 2.36. The molecular weight excluding hydrogens is 360 g/mol. The minimum Gasteiger partial charge on any atom is -0.493 e. The van der Waals surface area contributed by atoms with Crippen molar-refractivity contribution in [3.8, 4) is 17.2 Å². The molecule has 8 nitrogen and oxygen atoms in total. The Labute approximate surface area is 136 Å². The molecule has 0 saturated carbocycles.